The number of ether oxygens (including phenoxy) is 2. The molecule has 0 bridgehead atoms. The van der Waals surface area contributed by atoms with Crippen LogP contribution in [0.15, 0.2) is 60.7 Å². The Morgan fingerprint density at radius 1 is 0.717 bits per heavy atom. The summed E-state index contributed by atoms with van der Waals surface area (Å²) in [5.41, 5.74) is 9.64. The normalized spacial score (nSPS) is 12.2. The highest BCUT2D eigenvalue weighted by molar-refractivity contribution is 7.22. The molecular weight excluding hydrogens is 651 g/mol. The van der Waals surface area contributed by atoms with Gasteiger partial charge < -0.3 is 20.5 Å². The number of alkyl halides is 6. The fraction of sp³-hybridized carbons (Fsp3) is 0.375. The molecular formula is C32H36F6N4O2S2. The predicted octanol–water partition coefficient (Wildman–Crippen LogP) is 10.4. The molecule has 250 valence electrons. The summed E-state index contributed by atoms with van der Waals surface area (Å²) in [6.45, 7) is 15.0. The van der Waals surface area contributed by atoms with E-state index in [9.17, 15) is 26.3 Å². The number of nitrogens with one attached hydrogen (secondary N) is 1. The van der Waals surface area contributed by atoms with Crippen LogP contribution in [0.3, 0.4) is 0 Å². The molecule has 0 unspecified atom stereocenters. The highest BCUT2D eigenvalue weighted by Gasteiger charge is 2.32. The van der Waals surface area contributed by atoms with Crippen LogP contribution in [0.4, 0.5) is 31.5 Å². The molecule has 0 spiro atoms. The van der Waals surface area contributed by atoms with Gasteiger partial charge in [-0.1, -0.05) is 56.4 Å². The lowest BCUT2D eigenvalue weighted by atomic mass is 9.84. The Kier molecular flexibility index (Phi) is 11.6. The van der Waals surface area contributed by atoms with Gasteiger partial charge in [0, 0.05) is 18.2 Å². The number of rotatable bonds is 4. The lowest BCUT2D eigenvalue weighted by Crippen LogP contribution is -2.25. The van der Waals surface area contributed by atoms with E-state index in [0.717, 1.165) is 5.01 Å². The molecule has 5 rings (SSSR count). The lowest BCUT2D eigenvalue weighted by Gasteiger charge is -2.22. The van der Waals surface area contributed by atoms with E-state index < -0.39 is 12.7 Å². The van der Waals surface area contributed by atoms with E-state index >= 15 is 0 Å². The molecule has 0 radical (unpaired) electrons. The molecule has 0 aliphatic carbocycles. The van der Waals surface area contributed by atoms with Crippen molar-refractivity contribution < 1.29 is 35.8 Å². The van der Waals surface area contributed by atoms with Crippen molar-refractivity contribution in [2.45, 2.75) is 78.7 Å². The first kappa shape index (κ1) is 36.8. The maximum Gasteiger partial charge on any atom is 0.573 e. The summed E-state index contributed by atoms with van der Waals surface area (Å²) in [5.74, 6) is -0.440. The van der Waals surface area contributed by atoms with Crippen molar-refractivity contribution in [3.05, 3.63) is 76.8 Å². The highest BCUT2D eigenvalue weighted by Crippen LogP contribution is 2.33. The largest absolute Gasteiger partial charge is 0.573 e. The molecule has 5 aromatic rings. The number of aromatic nitrogens is 2. The zero-order valence-electron chi connectivity index (χ0n) is 26.4. The monoisotopic (exact) mass is 686 g/mol. The molecule has 3 N–H and O–H groups in total. The number of nitrogens with two attached hydrogens (primary N) is 1. The highest BCUT2D eigenvalue weighted by atomic mass is 32.1. The summed E-state index contributed by atoms with van der Waals surface area (Å²) in [7, 11) is 0. The van der Waals surface area contributed by atoms with Crippen molar-refractivity contribution in [1.82, 2.24) is 9.97 Å². The Balaban J connectivity index is 0.000000193. The lowest BCUT2D eigenvalue weighted by molar-refractivity contribution is -0.275. The number of anilines is 1. The molecule has 46 heavy (non-hydrogen) atoms. The second-order valence-corrected chi connectivity index (χ2v) is 14.4. The van der Waals surface area contributed by atoms with Gasteiger partial charge in [-0.05, 0) is 74.6 Å². The predicted molar refractivity (Wildman–Crippen MR) is 174 cm³/mol. The Bertz CT molecular complexity index is 1720. The minimum Gasteiger partial charge on any atom is -0.406 e. The molecule has 2 heterocycles. The Morgan fingerprint density at radius 3 is 1.67 bits per heavy atom. The average Bonchev–Trinajstić information content (AvgIpc) is 3.46. The molecule has 0 amide bonds. The summed E-state index contributed by atoms with van der Waals surface area (Å²) < 4.78 is 81.1. The van der Waals surface area contributed by atoms with E-state index in [0.29, 0.717) is 32.1 Å². The number of hydrogen-bond acceptors (Lipinski definition) is 8. The van der Waals surface area contributed by atoms with Crippen LogP contribution in [0.25, 0.3) is 20.4 Å². The van der Waals surface area contributed by atoms with E-state index in [2.05, 4.69) is 63.7 Å². The fourth-order valence-electron chi connectivity index (χ4n) is 4.12. The first-order chi connectivity index (χ1) is 21.1. The van der Waals surface area contributed by atoms with Crippen molar-refractivity contribution in [2.75, 3.05) is 5.32 Å². The van der Waals surface area contributed by atoms with Crippen molar-refractivity contribution in [1.29, 1.82) is 0 Å². The topological polar surface area (TPSA) is 82.3 Å². The van der Waals surface area contributed by atoms with Crippen molar-refractivity contribution in [3.8, 4) is 11.5 Å². The van der Waals surface area contributed by atoms with Gasteiger partial charge in [-0.15, -0.1) is 37.7 Å². The molecule has 3 aromatic carbocycles. The first-order valence-corrected chi connectivity index (χ1v) is 15.6. The molecule has 6 nitrogen and oxygen atoms in total. The van der Waals surface area contributed by atoms with E-state index in [1.165, 1.54) is 70.2 Å². The Hall–Kier alpha value is -3.62. The summed E-state index contributed by atoms with van der Waals surface area (Å²) in [6.07, 6.45) is -9.32. The van der Waals surface area contributed by atoms with Gasteiger partial charge >= 0.3 is 12.7 Å². The SMILES string of the molecule is CC(C)(C)Nc1nc2ccc(OC(F)(F)F)cc2s1.CC(C)(C)c1ccccc1CN.Cc1nc2ccc(OC(F)(F)F)cc2s1. The number of aryl methyl sites for hydroxylation is 1. The van der Waals surface area contributed by atoms with Gasteiger partial charge in [-0.2, -0.15) is 0 Å². The Labute approximate surface area is 271 Å². The van der Waals surface area contributed by atoms with E-state index in [1.54, 1.807) is 6.92 Å². The molecule has 0 saturated carbocycles. The summed E-state index contributed by atoms with van der Waals surface area (Å²) in [6, 6.07) is 16.6. The zero-order valence-corrected chi connectivity index (χ0v) is 28.0. The number of thiazole rings is 2. The molecule has 0 saturated heterocycles. The number of hydrogen-bond donors (Lipinski definition) is 2. The van der Waals surface area contributed by atoms with E-state index in [-0.39, 0.29) is 22.5 Å². The molecule has 0 aliphatic heterocycles. The smallest absolute Gasteiger partial charge is 0.406 e. The maximum atomic E-state index is 12.1. The summed E-state index contributed by atoms with van der Waals surface area (Å²) >= 11 is 2.63. The maximum absolute atomic E-state index is 12.1. The average molecular weight is 687 g/mol. The minimum atomic E-state index is -4.68. The van der Waals surface area contributed by atoms with E-state index in [1.807, 2.05) is 26.8 Å². The standard InChI is InChI=1S/C12H13F3N2OS.C11H17N.C9H6F3NOS/c1-11(2,3)17-10-16-8-5-4-7(6-9(8)19-10)18-12(13,14)15;1-11(2,3)10-7-5-4-6-9(10)8-12;1-5-13-7-3-2-6(4-8(7)15-5)14-9(10,11)12/h4-6H,1-3H3,(H,16,17);4-7H,8,12H2,1-3H3;2-4H,1H3. The van der Waals surface area contributed by atoms with Gasteiger partial charge in [0.1, 0.15) is 11.5 Å². The van der Waals surface area contributed by atoms with Gasteiger partial charge in [-0.25, -0.2) is 9.97 Å². The minimum absolute atomic E-state index is 0.154. The van der Waals surface area contributed by atoms with Crippen molar-refractivity contribution in [3.63, 3.8) is 0 Å². The molecule has 0 atom stereocenters. The van der Waals surface area contributed by atoms with Crippen molar-refractivity contribution >= 4 is 48.2 Å². The Morgan fingerprint density at radius 2 is 1.22 bits per heavy atom. The van der Waals surface area contributed by atoms with Crippen LogP contribution in [-0.4, -0.2) is 28.2 Å². The van der Waals surface area contributed by atoms with Gasteiger partial charge in [0.25, 0.3) is 0 Å². The zero-order chi connectivity index (χ0) is 34.5. The molecule has 0 fully saturated rings. The molecule has 2 aromatic heterocycles. The third-order valence-corrected chi connectivity index (χ3v) is 7.69. The van der Waals surface area contributed by atoms with Crippen LogP contribution in [-0.2, 0) is 12.0 Å². The fourth-order valence-corrected chi connectivity index (χ4v) is 6.08. The first-order valence-electron chi connectivity index (χ1n) is 14.0. The van der Waals surface area contributed by atoms with Crippen LogP contribution in [0.1, 0.15) is 57.7 Å². The second kappa shape index (κ2) is 14.4. The molecule has 0 aliphatic rings. The van der Waals surface area contributed by atoms with Crippen LogP contribution < -0.4 is 20.5 Å². The summed E-state index contributed by atoms with van der Waals surface area (Å²) in [5, 5.41) is 4.67. The third-order valence-electron chi connectivity index (χ3n) is 5.82. The van der Waals surface area contributed by atoms with Crippen molar-refractivity contribution in [2.24, 2.45) is 5.73 Å². The quantitative estimate of drug-likeness (QED) is 0.183. The number of nitrogens with zero attached hydrogens (tertiary/aromatic N) is 2. The van der Waals surface area contributed by atoms with Crippen LogP contribution >= 0.6 is 22.7 Å². The van der Waals surface area contributed by atoms with Crippen LogP contribution in [0, 0.1) is 6.92 Å². The summed E-state index contributed by atoms with van der Waals surface area (Å²) in [4.78, 5) is 8.44. The molecule has 14 heteroatoms. The van der Waals surface area contributed by atoms with Gasteiger partial charge in [0.05, 0.1) is 25.4 Å². The van der Waals surface area contributed by atoms with Crippen LogP contribution in [0.5, 0.6) is 11.5 Å². The number of fused-ring (bicyclic) bond motifs is 2. The van der Waals surface area contributed by atoms with Crippen LogP contribution in [0.2, 0.25) is 0 Å². The number of benzene rings is 3. The van der Waals surface area contributed by atoms with Gasteiger partial charge in [0.2, 0.25) is 0 Å². The van der Waals surface area contributed by atoms with Gasteiger partial charge in [0.15, 0.2) is 5.13 Å². The second-order valence-electron chi connectivity index (χ2n) is 12.1. The van der Waals surface area contributed by atoms with E-state index in [4.69, 9.17) is 5.73 Å². The number of halogens is 6. The van der Waals surface area contributed by atoms with Gasteiger partial charge in [-0.3, -0.25) is 0 Å². The third kappa shape index (κ3) is 12.0.